The van der Waals surface area contributed by atoms with Crippen molar-refractivity contribution in [2.45, 2.75) is 39.8 Å². The molecule has 108 valence electrons. The molecule has 2 N–H and O–H groups in total. The molecule has 1 unspecified atom stereocenters. The van der Waals surface area contributed by atoms with Crippen LogP contribution in [0.5, 0.6) is 0 Å². The van der Waals surface area contributed by atoms with Gasteiger partial charge in [0.1, 0.15) is 5.82 Å². The zero-order valence-corrected chi connectivity index (χ0v) is 12.3. The minimum atomic E-state index is -0.110. The highest BCUT2D eigenvalue weighted by molar-refractivity contribution is 5.76. The van der Waals surface area contributed by atoms with Crippen LogP contribution < -0.4 is 10.6 Å². The van der Waals surface area contributed by atoms with Gasteiger partial charge in [-0.3, -0.25) is 0 Å². The van der Waals surface area contributed by atoms with Gasteiger partial charge in [0.25, 0.3) is 0 Å². The first-order chi connectivity index (χ1) is 9.61. The number of hydrogen-bond donors (Lipinski definition) is 2. The molecule has 1 aromatic heterocycles. The average molecular weight is 274 g/mol. The van der Waals surface area contributed by atoms with Crippen molar-refractivity contribution >= 4 is 17.1 Å². The summed E-state index contributed by atoms with van der Waals surface area (Å²) in [5.74, 6) is 0.968. The average Bonchev–Trinajstić information content (AvgIpc) is 2.75. The molecule has 0 radical (unpaired) electrons. The molecule has 0 aliphatic carbocycles. The van der Waals surface area contributed by atoms with Crippen LogP contribution in [0, 0.1) is 6.92 Å². The Morgan fingerprint density at radius 1 is 1.40 bits per heavy atom. The van der Waals surface area contributed by atoms with Crippen molar-refractivity contribution in [2.75, 3.05) is 6.54 Å². The maximum atomic E-state index is 11.6. The van der Waals surface area contributed by atoms with Crippen molar-refractivity contribution in [3.63, 3.8) is 0 Å². The maximum Gasteiger partial charge on any atom is 0.315 e. The molecule has 2 rings (SSSR count). The van der Waals surface area contributed by atoms with E-state index in [-0.39, 0.29) is 12.1 Å². The SMILES string of the molecule is CCC(C)NC(=O)NCCn1c(C)nc2ccccc21. The monoisotopic (exact) mass is 274 g/mol. The molecular weight excluding hydrogens is 252 g/mol. The summed E-state index contributed by atoms with van der Waals surface area (Å²) < 4.78 is 2.12. The van der Waals surface area contributed by atoms with E-state index in [0.29, 0.717) is 6.54 Å². The third-order valence-electron chi connectivity index (χ3n) is 3.46. The molecule has 0 aliphatic rings. The summed E-state index contributed by atoms with van der Waals surface area (Å²) in [6, 6.07) is 8.13. The fraction of sp³-hybridized carbons (Fsp3) is 0.467. The lowest BCUT2D eigenvalue weighted by atomic mass is 10.3. The van der Waals surface area contributed by atoms with Crippen molar-refractivity contribution in [1.29, 1.82) is 0 Å². The summed E-state index contributed by atoms with van der Waals surface area (Å²) in [5, 5.41) is 5.77. The van der Waals surface area contributed by atoms with Crippen LogP contribution in [0.15, 0.2) is 24.3 Å². The second-order valence-electron chi connectivity index (χ2n) is 5.01. The summed E-state index contributed by atoms with van der Waals surface area (Å²) in [5.41, 5.74) is 2.10. The molecule has 0 fully saturated rings. The molecule has 0 saturated carbocycles. The number of imidazole rings is 1. The van der Waals surface area contributed by atoms with Gasteiger partial charge in [-0.1, -0.05) is 19.1 Å². The summed E-state index contributed by atoms with van der Waals surface area (Å²) in [4.78, 5) is 16.1. The first-order valence-corrected chi connectivity index (χ1v) is 7.08. The van der Waals surface area contributed by atoms with Gasteiger partial charge >= 0.3 is 6.03 Å². The van der Waals surface area contributed by atoms with Gasteiger partial charge in [0, 0.05) is 19.1 Å². The normalized spacial score (nSPS) is 12.3. The highest BCUT2D eigenvalue weighted by atomic mass is 16.2. The van der Waals surface area contributed by atoms with Crippen molar-refractivity contribution < 1.29 is 4.79 Å². The number of para-hydroxylation sites is 2. The van der Waals surface area contributed by atoms with Gasteiger partial charge in [0.2, 0.25) is 0 Å². The molecular formula is C15H22N4O. The van der Waals surface area contributed by atoms with Crippen LogP contribution in [0.2, 0.25) is 0 Å². The molecule has 0 saturated heterocycles. The van der Waals surface area contributed by atoms with Gasteiger partial charge in [0.15, 0.2) is 0 Å². The Labute approximate surface area is 119 Å². The number of nitrogens with one attached hydrogen (secondary N) is 2. The van der Waals surface area contributed by atoms with Crippen LogP contribution in [0.4, 0.5) is 4.79 Å². The van der Waals surface area contributed by atoms with Crippen LogP contribution >= 0.6 is 0 Å². The molecule has 1 heterocycles. The highest BCUT2D eigenvalue weighted by Crippen LogP contribution is 2.14. The first kappa shape index (κ1) is 14.4. The number of aryl methyl sites for hydroxylation is 1. The minimum Gasteiger partial charge on any atom is -0.336 e. The Hall–Kier alpha value is -2.04. The molecule has 1 aromatic carbocycles. The zero-order chi connectivity index (χ0) is 14.5. The van der Waals surface area contributed by atoms with Gasteiger partial charge in [0.05, 0.1) is 11.0 Å². The van der Waals surface area contributed by atoms with Crippen LogP contribution in [0.1, 0.15) is 26.1 Å². The van der Waals surface area contributed by atoms with E-state index in [9.17, 15) is 4.79 Å². The van der Waals surface area contributed by atoms with Crippen molar-refractivity contribution in [3.8, 4) is 0 Å². The van der Waals surface area contributed by atoms with E-state index in [0.717, 1.165) is 29.8 Å². The number of carbonyl (C=O) groups excluding carboxylic acids is 1. The predicted molar refractivity (Wildman–Crippen MR) is 80.8 cm³/mol. The van der Waals surface area contributed by atoms with Gasteiger partial charge in [-0.25, -0.2) is 9.78 Å². The first-order valence-electron chi connectivity index (χ1n) is 7.08. The van der Waals surface area contributed by atoms with E-state index < -0.39 is 0 Å². The molecule has 2 amide bonds. The van der Waals surface area contributed by atoms with Gasteiger partial charge in [-0.15, -0.1) is 0 Å². The number of carbonyl (C=O) groups is 1. The number of benzene rings is 1. The lowest BCUT2D eigenvalue weighted by molar-refractivity contribution is 0.237. The number of hydrogen-bond acceptors (Lipinski definition) is 2. The number of rotatable bonds is 5. The van der Waals surface area contributed by atoms with E-state index in [4.69, 9.17) is 0 Å². The molecule has 5 heteroatoms. The van der Waals surface area contributed by atoms with Gasteiger partial charge in [-0.05, 0) is 32.4 Å². The smallest absolute Gasteiger partial charge is 0.315 e. The van der Waals surface area contributed by atoms with E-state index >= 15 is 0 Å². The summed E-state index contributed by atoms with van der Waals surface area (Å²) >= 11 is 0. The standard InChI is InChI=1S/C15H22N4O/c1-4-11(2)17-15(20)16-9-10-19-12(3)18-13-7-5-6-8-14(13)19/h5-8,11H,4,9-10H2,1-3H3,(H2,16,17,20). The Morgan fingerprint density at radius 3 is 2.90 bits per heavy atom. The number of aromatic nitrogens is 2. The van der Waals surface area contributed by atoms with Crippen LogP contribution in [-0.4, -0.2) is 28.2 Å². The molecule has 0 spiro atoms. The number of urea groups is 1. The van der Waals surface area contributed by atoms with Crippen molar-refractivity contribution in [2.24, 2.45) is 0 Å². The Kier molecular flexibility index (Phi) is 4.61. The van der Waals surface area contributed by atoms with Crippen LogP contribution in [-0.2, 0) is 6.54 Å². The van der Waals surface area contributed by atoms with Crippen LogP contribution in [0.25, 0.3) is 11.0 Å². The quantitative estimate of drug-likeness (QED) is 0.879. The van der Waals surface area contributed by atoms with Crippen molar-refractivity contribution in [1.82, 2.24) is 20.2 Å². The highest BCUT2D eigenvalue weighted by Gasteiger charge is 2.07. The third-order valence-corrected chi connectivity index (χ3v) is 3.46. The minimum absolute atomic E-state index is 0.110. The molecule has 0 bridgehead atoms. The largest absolute Gasteiger partial charge is 0.336 e. The third kappa shape index (κ3) is 3.29. The lowest BCUT2D eigenvalue weighted by Gasteiger charge is -2.13. The lowest BCUT2D eigenvalue weighted by Crippen LogP contribution is -2.41. The van der Waals surface area contributed by atoms with Gasteiger partial charge in [-0.2, -0.15) is 0 Å². The van der Waals surface area contributed by atoms with Crippen LogP contribution in [0.3, 0.4) is 0 Å². The Balaban J connectivity index is 1.93. The zero-order valence-electron chi connectivity index (χ0n) is 12.3. The molecule has 2 aromatic rings. The second-order valence-corrected chi connectivity index (χ2v) is 5.01. The number of fused-ring (bicyclic) bond motifs is 1. The van der Waals surface area contributed by atoms with E-state index in [1.165, 1.54) is 0 Å². The van der Waals surface area contributed by atoms with E-state index in [1.54, 1.807) is 0 Å². The van der Waals surface area contributed by atoms with Crippen molar-refractivity contribution in [3.05, 3.63) is 30.1 Å². The van der Waals surface area contributed by atoms with E-state index in [1.807, 2.05) is 39.0 Å². The number of amides is 2. The second kappa shape index (κ2) is 6.41. The topological polar surface area (TPSA) is 59.0 Å². The van der Waals surface area contributed by atoms with Gasteiger partial charge < -0.3 is 15.2 Å². The summed E-state index contributed by atoms with van der Waals surface area (Å²) in [6.45, 7) is 7.34. The maximum absolute atomic E-state index is 11.6. The fourth-order valence-corrected chi connectivity index (χ4v) is 2.14. The Morgan fingerprint density at radius 2 is 2.15 bits per heavy atom. The molecule has 0 aliphatic heterocycles. The van der Waals surface area contributed by atoms with E-state index in [2.05, 4.69) is 26.3 Å². The molecule has 20 heavy (non-hydrogen) atoms. The fourth-order valence-electron chi connectivity index (χ4n) is 2.14. The Bertz CT molecular complexity index is 591. The molecule has 1 atom stereocenters. The summed E-state index contributed by atoms with van der Waals surface area (Å²) in [6.07, 6.45) is 0.929. The number of nitrogens with zero attached hydrogens (tertiary/aromatic N) is 2. The summed E-state index contributed by atoms with van der Waals surface area (Å²) in [7, 11) is 0. The predicted octanol–water partition coefficient (Wildman–Crippen LogP) is 2.44. The molecule has 5 nitrogen and oxygen atoms in total.